The van der Waals surface area contributed by atoms with Crippen molar-refractivity contribution in [3.05, 3.63) is 35.6 Å². The van der Waals surface area contributed by atoms with Crippen molar-refractivity contribution in [1.29, 1.82) is 0 Å². The van der Waals surface area contributed by atoms with Crippen molar-refractivity contribution >= 4 is 11.0 Å². The van der Waals surface area contributed by atoms with Gasteiger partial charge in [-0.05, 0) is 24.5 Å². The van der Waals surface area contributed by atoms with Gasteiger partial charge in [0.05, 0.1) is 6.04 Å². The summed E-state index contributed by atoms with van der Waals surface area (Å²) in [5.41, 5.74) is 8.30. The molecule has 0 bridgehead atoms. The largest absolute Gasteiger partial charge is 0.459 e. The van der Waals surface area contributed by atoms with Crippen LogP contribution in [0, 0.1) is 12.8 Å². The number of furan rings is 1. The van der Waals surface area contributed by atoms with Crippen LogP contribution >= 0.6 is 0 Å². The van der Waals surface area contributed by atoms with E-state index >= 15 is 0 Å². The zero-order valence-corrected chi connectivity index (χ0v) is 10.2. The molecule has 16 heavy (non-hydrogen) atoms. The molecular weight excluding hydrogens is 198 g/mol. The van der Waals surface area contributed by atoms with E-state index in [1.807, 2.05) is 6.07 Å². The maximum atomic E-state index is 6.17. The topological polar surface area (TPSA) is 39.2 Å². The van der Waals surface area contributed by atoms with Crippen molar-refractivity contribution in [1.82, 2.24) is 0 Å². The van der Waals surface area contributed by atoms with Crippen LogP contribution in [0.5, 0.6) is 0 Å². The molecule has 0 radical (unpaired) electrons. The maximum Gasteiger partial charge on any atom is 0.137 e. The van der Waals surface area contributed by atoms with E-state index in [0.29, 0.717) is 5.92 Å². The summed E-state index contributed by atoms with van der Waals surface area (Å²) in [7, 11) is 0. The molecule has 2 atom stereocenters. The standard InChI is InChI=1S/C14H19NO/c1-4-9(2)13(15)12-8-11-7-5-6-10(3)14(11)16-12/h5-9,13H,4,15H2,1-3H3/t9?,13-/m0/s1. The number of hydrogen-bond acceptors (Lipinski definition) is 2. The van der Waals surface area contributed by atoms with Crippen LogP contribution in [0.2, 0.25) is 0 Å². The first-order valence-corrected chi connectivity index (χ1v) is 5.88. The quantitative estimate of drug-likeness (QED) is 0.849. The highest BCUT2D eigenvalue weighted by molar-refractivity contribution is 5.80. The fourth-order valence-corrected chi connectivity index (χ4v) is 1.93. The van der Waals surface area contributed by atoms with Gasteiger partial charge in [0.2, 0.25) is 0 Å². The Morgan fingerprint density at radius 2 is 2.12 bits per heavy atom. The fraction of sp³-hybridized carbons (Fsp3) is 0.429. The summed E-state index contributed by atoms with van der Waals surface area (Å²) in [6.07, 6.45) is 1.07. The molecule has 1 heterocycles. The molecule has 1 aromatic carbocycles. The molecule has 0 saturated heterocycles. The van der Waals surface area contributed by atoms with E-state index in [4.69, 9.17) is 10.2 Å². The average Bonchev–Trinajstić information content (AvgIpc) is 2.72. The van der Waals surface area contributed by atoms with Gasteiger partial charge in [-0.3, -0.25) is 0 Å². The molecule has 86 valence electrons. The zero-order chi connectivity index (χ0) is 11.7. The monoisotopic (exact) mass is 217 g/mol. The van der Waals surface area contributed by atoms with Gasteiger partial charge >= 0.3 is 0 Å². The minimum absolute atomic E-state index is 0.00296. The SMILES string of the molecule is CCC(C)[C@H](N)c1cc2cccc(C)c2o1. The lowest BCUT2D eigenvalue weighted by molar-refractivity contribution is 0.388. The summed E-state index contributed by atoms with van der Waals surface area (Å²) in [6.45, 7) is 6.37. The summed E-state index contributed by atoms with van der Waals surface area (Å²) in [5.74, 6) is 1.35. The van der Waals surface area contributed by atoms with Gasteiger partial charge in [0, 0.05) is 5.39 Å². The molecular formula is C14H19NO. The summed E-state index contributed by atoms with van der Waals surface area (Å²) in [6, 6.07) is 8.24. The van der Waals surface area contributed by atoms with Crippen LogP contribution in [0.3, 0.4) is 0 Å². The van der Waals surface area contributed by atoms with E-state index in [9.17, 15) is 0 Å². The third-order valence-corrected chi connectivity index (χ3v) is 3.35. The van der Waals surface area contributed by atoms with E-state index in [1.165, 1.54) is 5.56 Å². The molecule has 0 spiro atoms. The van der Waals surface area contributed by atoms with Gasteiger partial charge in [0.25, 0.3) is 0 Å². The van der Waals surface area contributed by atoms with E-state index in [2.05, 4.69) is 39.0 Å². The summed E-state index contributed by atoms with van der Waals surface area (Å²) in [5, 5.41) is 1.15. The van der Waals surface area contributed by atoms with E-state index in [1.54, 1.807) is 0 Å². The Labute approximate surface area is 96.4 Å². The van der Waals surface area contributed by atoms with E-state index < -0.39 is 0 Å². The van der Waals surface area contributed by atoms with Crippen LogP contribution in [0.25, 0.3) is 11.0 Å². The van der Waals surface area contributed by atoms with Crippen molar-refractivity contribution in [2.24, 2.45) is 11.7 Å². The number of aryl methyl sites for hydroxylation is 1. The molecule has 2 N–H and O–H groups in total. The third-order valence-electron chi connectivity index (χ3n) is 3.35. The lowest BCUT2D eigenvalue weighted by atomic mass is 9.98. The highest BCUT2D eigenvalue weighted by Gasteiger charge is 2.17. The number of nitrogens with two attached hydrogens (primary N) is 1. The van der Waals surface area contributed by atoms with Crippen LogP contribution in [0.1, 0.15) is 37.6 Å². The maximum absolute atomic E-state index is 6.17. The second-order valence-corrected chi connectivity index (χ2v) is 4.55. The molecule has 0 aliphatic carbocycles. The summed E-state index contributed by atoms with van der Waals surface area (Å²) < 4.78 is 5.86. The number of para-hydroxylation sites is 1. The highest BCUT2D eigenvalue weighted by Crippen LogP contribution is 2.29. The molecule has 0 saturated carbocycles. The van der Waals surface area contributed by atoms with Crippen molar-refractivity contribution < 1.29 is 4.42 Å². The van der Waals surface area contributed by atoms with Crippen LogP contribution in [0.4, 0.5) is 0 Å². The molecule has 1 unspecified atom stereocenters. The second kappa shape index (κ2) is 4.30. The van der Waals surface area contributed by atoms with Crippen molar-refractivity contribution in [2.75, 3.05) is 0 Å². The molecule has 0 amide bonds. The minimum Gasteiger partial charge on any atom is -0.459 e. The Kier molecular flexibility index (Phi) is 3.01. The number of hydrogen-bond donors (Lipinski definition) is 1. The summed E-state index contributed by atoms with van der Waals surface area (Å²) >= 11 is 0. The molecule has 0 fully saturated rings. The lowest BCUT2D eigenvalue weighted by Gasteiger charge is -2.15. The predicted molar refractivity (Wildman–Crippen MR) is 67.3 cm³/mol. The van der Waals surface area contributed by atoms with Crippen LogP contribution < -0.4 is 5.73 Å². The molecule has 1 aromatic heterocycles. The molecule has 2 heteroatoms. The highest BCUT2D eigenvalue weighted by atomic mass is 16.3. The van der Waals surface area contributed by atoms with Crippen LogP contribution in [0.15, 0.2) is 28.7 Å². The number of fused-ring (bicyclic) bond motifs is 1. The van der Waals surface area contributed by atoms with E-state index in [0.717, 1.165) is 23.2 Å². The van der Waals surface area contributed by atoms with Gasteiger partial charge in [-0.15, -0.1) is 0 Å². The van der Waals surface area contributed by atoms with Gasteiger partial charge in [-0.25, -0.2) is 0 Å². The van der Waals surface area contributed by atoms with Gasteiger partial charge < -0.3 is 10.2 Å². The molecule has 0 aliphatic rings. The zero-order valence-electron chi connectivity index (χ0n) is 10.2. The molecule has 0 aliphatic heterocycles. The third kappa shape index (κ3) is 1.85. The fourth-order valence-electron chi connectivity index (χ4n) is 1.93. The Hall–Kier alpha value is -1.28. The molecule has 2 nitrogen and oxygen atoms in total. The van der Waals surface area contributed by atoms with Crippen LogP contribution in [-0.4, -0.2) is 0 Å². The first-order chi connectivity index (χ1) is 7.63. The Balaban J connectivity index is 2.43. The van der Waals surface area contributed by atoms with E-state index in [-0.39, 0.29) is 6.04 Å². The predicted octanol–water partition coefficient (Wildman–Crippen LogP) is 3.79. The average molecular weight is 217 g/mol. The van der Waals surface area contributed by atoms with Gasteiger partial charge in [0.15, 0.2) is 0 Å². The molecule has 2 rings (SSSR count). The lowest BCUT2D eigenvalue weighted by Crippen LogP contribution is -2.17. The Bertz CT molecular complexity index is 486. The Morgan fingerprint density at radius 3 is 2.75 bits per heavy atom. The van der Waals surface area contributed by atoms with Crippen molar-refractivity contribution in [3.8, 4) is 0 Å². The molecule has 2 aromatic rings. The van der Waals surface area contributed by atoms with Crippen molar-refractivity contribution in [2.45, 2.75) is 33.2 Å². The number of rotatable bonds is 3. The smallest absolute Gasteiger partial charge is 0.137 e. The second-order valence-electron chi connectivity index (χ2n) is 4.55. The van der Waals surface area contributed by atoms with Gasteiger partial charge in [-0.1, -0.05) is 38.5 Å². The Morgan fingerprint density at radius 1 is 1.38 bits per heavy atom. The summed E-state index contributed by atoms with van der Waals surface area (Å²) in [4.78, 5) is 0. The van der Waals surface area contributed by atoms with Gasteiger partial charge in [0.1, 0.15) is 11.3 Å². The normalized spacial score (nSPS) is 15.2. The van der Waals surface area contributed by atoms with Crippen LogP contribution in [-0.2, 0) is 0 Å². The van der Waals surface area contributed by atoms with Crippen molar-refractivity contribution in [3.63, 3.8) is 0 Å². The minimum atomic E-state index is -0.00296. The number of benzene rings is 1. The van der Waals surface area contributed by atoms with Gasteiger partial charge in [-0.2, -0.15) is 0 Å². The first-order valence-electron chi connectivity index (χ1n) is 5.88. The first kappa shape index (κ1) is 11.2.